The molecule has 238 valence electrons. The fourth-order valence-corrected chi connectivity index (χ4v) is 5.92. The Bertz CT molecular complexity index is 1240. The first-order valence-electron chi connectivity index (χ1n) is 15.7. The number of nitrogens with one attached hydrogen (secondary N) is 3. The van der Waals surface area contributed by atoms with Crippen molar-refractivity contribution >= 4 is 45.8 Å². The number of fused-ring (bicyclic) bond motifs is 1. The normalized spacial score (nSPS) is 22.1. The van der Waals surface area contributed by atoms with Crippen molar-refractivity contribution in [3.05, 3.63) is 36.4 Å². The van der Waals surface area contributed by atoms with Gasteiger partial charge in [0.05, 0.1) is 11.3 Å². The Morgan fingerprint density at radius 1 is 1.16 bits per heavy atom. The second kappa shape index (κ2) is 16.6. The van der Waals surface area contributed by atoms with Crippen LogP contribution in [0.25, 0.3) is 11.1 Å². The SMILES string of the molecule is CC.CCCCC/C=C\C1C[C@@H]1C(=O)NS(=O)C1(C)CC1.CNC(=O)C1CCCN1C(=O)CNc1nc2ccccc2o1. The average molecular weight is 616 g/mol. The van der Waals surface area contributed by atoms with Crippen molar-refractivity contribution in [3.63, 3.8) is 0 Å². The van der Waals surface area contributed by atoms with Crippen LogP contribution in [0.1, 0.15) is 85.5 Å². The maximum Gasteiger partial charge on any atom is 0.296 e. The monoisotopic (exact) mass is 615 g/mol. The zero-order valence-electron chi connectivity index (χ0n) is 26.3. The fraction of sp³-hybridized carbons (Fsp3) is 0.625. The van der Waals surface area contributed by atoms with Crippen molar-refractivity contribution in [2.24, 2.45) is 11.8 Å². The molecule has 2 aromatic rings. The van der Waals surface area contributed by atoms with E-state index in [2.05, 4.69) is 39.4 Å². The number of likely N-dealkylation sites (tertiary alicyclic amines) is 1. The summed E-state index contributed by atoms with van der Waals surface area (Å²) < 4.78 is 19.9. The second-order valence-corrected chi connectivity index (χ2v) is 13.0. The van der Waals surface area contributed by atoms with Crippen LogP contribution < -0.4 is 15.4 Å². The molecule has 1 aromatic heterocycles. The summed E-state index contributed by atoms with van der Waals surface area (Å²) in [4.78, 5) is 41.8. The van der Waals surface area contributed by atoms with Gasteiger partial charge in [-0.15, -0.1) is 0 Å². The smallest absolute Gasteiger partial charge is 0.296 e. The zero-order valence-corrected chi connectivity index (χ0v) is 27.1. The van der Waals surface area contributed by atoms with E-state index in [-0.39, 0.29) is 41.0 Å². The van der Waals surface area contributed by atoms with Crippen LogP contribution in [0.5, 0.6) is 0 Å². The number of amides is 3. The number of nitrogens with zero attached hydrogens (tertiary/aromatic N) is 2. The van der Waals surface area contributed by atoms with E-state index in [1.54, 1.807) is 11.9 Å². The predicted octanol–water partition coefficient (Wildman–Crippen LogP) is 5.09. The number of likely N-dealkylation sites (N-methyl/N-ethyl adjacent to an activating group) is 1. The van der Waals surface area contributed by atoms with E-state index in [9.17, 15) is 18.6 Å². The molecule has 3 amide bonds. The fourth-order valence-electron chi connectivity index (χ4n) is 4.87. The number of hydrogen-bond donors (Lipinski definition) is 3. The quantitative estimate of drug-likeness (QED) is 0.224. The van der Waals surface area contributed by atoms with Crippen molar-refractivity contribution in [2.45, 2.75) is 96.3 Å². The number of rotatable bonds is 12. The first-order chi connectivity index (χ1) is 20.8. The van der Waals surface area contributed by atoms with Gasteiger partial charge >= 0.3 is 0 Å². The number of anilines is 1. The molecule has 3 fully saturated rings. The molecule has 2 heterocycles. The molecule has 10 nitrogen and oxygen atoms in total. The Hall–Kier alpha value is -3.21. The largest absolute Gasteiger partial charge is 0.424 e. The third-order valence-corrected chi connectivity index (χ3v) is 9.63. The number of hydrogen-bond acceptors (Lipinski definition) is 7. The Morgan fingerprint density at radius 2 is 1.91 bits per heavy atom. The van der Waals surface area contributed by atoms with Crippen molar-refractivity contribution in [3.8, 4) is 0 Å². The lowest BCUT2D eigenvalue weighted by Gasteiger charge is -2.23. The molecule has 0 bridgehead atoms. The van der Waals surface area contributed by atoms with E-state index < -0.39 is 11.0 Å². The lowest BCUT2D eigenvalue weighted by atomic mass is 10.2. The first-order valence-corrected chi connectivity index (χ1v) is 16.9. The summed E-state index contributed by atoms with van der Waals surface area (Å²) in [6.07, 6.45) is 13.6. The van der Waals surface area contributed by atoms with Gasteiger partial charge in [0.15, 0.2) is 5.58 Å². The van der Waals surface area contributed by atoms with Crippen molar-refractivity contribution < 1.29 is 23.0 Å². The molecule has 2 saturated carbocycles. The van der Waals surface area contributed by atoms with Gasteiger partial charge in [0, 0.05) is 19.5 Å². The van der Waals surface area contributed by atoms with Gasteiger partial charge in [0.1, 0.15) is 22.5 Å². The topological polar surface area (TPSA) is 134 Å². The highest BCUT2D eigenvalue weighted by atomic mass is 32.2. The predicted molar refractivity (Wildman–Crippen MR) is 171 cm³/mol. The van der Waals surface area contributed by atoms with Crippen LogP contribution in [0.2, 0.25) is 0 Å². The number of para-hydroxylation sites is 2. The number of carbonyl (C=O) groups excluding carboxylic acids is 3. The summed E-state index contributed by atoms with van der Waals surface area (Å²) in [5.74, 6) is 0.176. The van der Waals surface area contributed by atoms with Crippen LogP contribution in [-0.4, -0.2) is 62.7 Å². The van der Waals surface area contributed by atoms with Crippen LogP contribution in [0.15, 0.2) is 40.8 Å². The molecule has 5 rings (SSSR count). The van der Waals surface area contributed by atoms with E-state index >= 15 is 0 Å². The number of aromatic nitrogens is 1. The van der Waals surface area contributed by atoms with Crippen LogP contribution >= 0.6 is 0 Å². The van der Waals surface area contributed by atoms with Crippen LogP contribution in [0.3, 0.4) is 0 Å². The van der Waals surface area contributed by atoms with Gasteiger partial charge in [-0.3, -0.25) is 19.1 Å². The van der Waals surface area contributed by atoms with Gasteiger partial charge in [0.2, 0.25) is 17.7 Å². The third kappa shape index (κ3) is 9.91. The standard InChI is InChI=1S/C15H18N4O3.C15H25NO2S.C2H6/c1-16-14(21)11-6-4-8-19(11)13(20)9-17-15-18-10-5-2-3-7-12(10)22-15;1-3-4-5-6-7-8-12-11-13(12)14(17)16-19(18)15(2)9-10-15;1-2/h2-3,5,7,11H,4,6,8-9H2,1H3,(H,16,21)(H,17,18);7-8,12-13H,3-6,9-11H2,1-2H3,(H,16,17);1-2H3/b;8-7-;/t;12?,13-,19?;/m.0./s1. The van der Waals surface area contributed by atoms with Crippen molar-refractivity contribution in [1.29, 1.82) is 0 Å². The molecule has 1 aromatic carbocycles. The van der Waals surface area contributed by atoms with Gasteiger partial charge in [-0.05, 0) is 69.9 Å². The molecule has 11 heteroatoms. The lowest BCUT2D eigenvalue weighted by Crippen LogP contribution is -2.46. The highest BCUT2D eigenvalue weighted by Crippen LogP contribution is 2.42. The molecule has 1 aliphatic heterocycles. The average Bonchev–Trinajstić information content (AvgIpc) is 3.86. The van der Waals surface area contributed by atoms with E-state index in [1.807, 2.05) is 45.0 Å². The number of allylic oxidation sites excluding steroid dienone is 2. The summed E-state index contributed by atoms with van der Waals surface area (Å²) in [7, 11) is 0.398. The number of oxazole rings is 1. The molecular weight excluding hydrogens is 566 g/mol. The van der Waals surface area contributed by atoms with Gasteiger partial charge in [-0.2, -0.15) is 4.98 Å². The van der Waals surface area contributed by atoms with E-state index in [0.29, 0.717) is 30.5 Å². The molecule has 0 radical (unpaired) electrons. The molecular formula is C32H49N5O5S. The zero-order chi connectivity index (χ0) is 31.4. The Balaban J connectivity index is 0.000000225. The van der Waals surface area contributed by atoms with Crippen LogP contribution in [0.4, 0.5) is 6.01 Å². The van der Waals surface area contributed by atoms with E-state index in [1.165, 1.54) is 19.3 Å². The minimum absolute atomic E-state index is 0.0188. The number of benzene rings is 1. The number of carbonyl (C=O) groups is 3. The minimum Gasteiger partial charge on any atom is -0.424 e. The maximum absolute atomic E-state index is 12.3. The maximum atomic E-state index is 12.3. The molecule has 43 heavy (non-hydrogen) atoms. The summed E-state index contributed by atoms with van der Waals surface area (Å²) in [6, 6.07) is 7.33. The molecule has 4 atom stereocenters. The van der Waals surface area contributed by atoms with Gasteiger partial charge in [0.25, 0.3) is 6.01 Å². The molecule has 0 spiro atoms. The van der Waals surface area contributed by atoms with Crippen LogP contribution in [-0.2, 0) is 25.4 Å². The summed E-state index contributed by atoms with van der Waals surface area (Å²) in [5.41, 5.74) is 1.41. The van der Waals surface area contributed by atoms with Gasteiger partial charge in [-0.25, -0.2) is 4.21 Å². The molecule has 2 aliphatic carbocycles. The summed E-state index contributed by atoms with van der Waals surface area (Å²) >= 11 is 0. The van der Waals surface area contributed by atoms with Gasteiger partial charge in [-0.1, -0.05) is 57.9 Å². The molecule has 3 unspecified atom stereocenters. The first kappa shape index (κ1) is 34.3. The highest BCUT2D eigenvalue weighted by Gasteiger charge is 2.47. The molecule has 3 aliphatic rings. The van der Waals surface area contributed by atoms with Crippen molar-refractivity contribution in [1.82, 2.24) is 19.9 Å². The number of unbranched alkanes of at least 4 members (excludes halogenated alkanes) is 3. The third-order valence-electron chi connectivity index (χ3n) is 7.94. The van der Waals surface area contributed by atoms with Gasteiger partial charge < -0.3 is 20.0 Å². The second-order valence-electron chi connectivity index (χ2n) is 11.3. The summed E-state index contributed by atoms with van der Waals surface area (Å²) in [6.45, 7) is 8.83. The minimum atomic E-state index is -1.19. The van der Waals surface area contributed by atoms with Crippen molar-refractivity contribution in [2.75, 3.05) is 25.5 Å². The Labute approximate surface area is 258 Å². The summed E-state index contributed by atoms with van der Waals surface area (Å²) in [5, 5.41) is 5.49. The van der Waals surface area contributed by atoms with E-state index in [0.717, 1.165) is 37.6 Å². The highest BCUT2D eigenvalue weighted by molar-refractivity contribution is 7.85. The molecule has 3 N–H and O–H groups in total. The molecule has 1 saturated heterocycles. The Morgan fingerprint density at radius 3 is 2.58 bits per heavy atom. The van der Waals surface area contributed by atoms with Crippen LogP contribution in [0, 0.1) is 11.8 Å². The van der Waals surface area contributed by atoms with E-state index in [4.69, 9.17) is 4.42 Å². The lowest BCUT2D eigenvalue weighted by molar-refractivity contribution is -0.136. The Kier molecular flexibility index (Phi) is 13.2.